The van der Waals surface area contributed by atoms with Gasteiger partial charge in [0.05, 0.1) is 39.6 Å². The molecule has 0 fully saturated rings. The number of carbonyl (C=O) groups is 2. The molecular weight excluding hydrogens is 296 g/mol. The molecule has 0 saturated carbocycles. The Labute approximate surface area is 129 Å². The molecule has 0 amide bonds. The van der Waals surface area contributed by atoms with E-state index in [0.717, 1.165) is 0 Å². The molecule has 0 heterocycles. The second-order valence-electron chi connectivity index (χ2n) is 4.25. The third-order valence-electron chi connectivity index (χ3n) is 2.12. The van der Waals surface area contributed by atoms with E-state index in [0.29, 0.717) is 19.8 Å². The van der Waals surface area contributed by atoms with Crippen LogP contribution in [0.4, 0.5) is 0 Å². The monoisotopic (exact) mass is 320 g/mol. The fraction of sp³-hybridized carbons (Fsp3) is 0.714. The first-order valence-electron chi connectivity index (χ1n) is 6.85. The third kappa shape index (κ3) is 12.3. The summed E-state index contributed by atoms with van der Waals surface area (Å²) in [6.07, 6.45) is -1.12. The maximum Gasteiger partial charge on any atom is 0.336 e. The van der Waals surface area contributed by atoms with Crippen molar-refractivity contribution in [3.05, 3.63) is 12.2 Å². The topological polar surface area (TPSA) is 101 Å². The molecule has 128 valence electrons. The first-order chi connectivity index (χ1) is 10.5. The lowest BCUT2D eigenvalue weighted by atomic mass is 10.4. The van der Waals surface area contributed by atoms with Crippen molar-refractivity contribution in [3.63, 3.8) is 0 Å². The largest absolute Gasteiger partial charge is 0.423 e. The number of hydrogen-bond acceptors (Lipinski definition) is 8. The molecule has 0 aliphatic rings. The standard InChI is InChI=1S/C14H24O8/c1-11(2)14(17)22-13(21-12(3)16)10-20-9-8-19-7-6-18-5-4-15/h13,15H,1,4-10H2,2-3H3. The lowest BCUT2D eigenvalue weighted by Gasteiger charge is -2.17. The fourth-order valence-electron chi connectivity index (χ4n) is 1.18. The highest BCUT2D eigenvalue weighted by molar-refractivity contribution is 5.87. The number of ether oxygens (including phenoxy) is 5. The number of carbonyl (C=O) groups excluding carboxylic acids is 2. The van der Waals surface area contributed by atoms with Crippen LogP contribution in [0, 0.1) is 0 Å². The van der Waals surface area contributed by atoms with Crippen LogP contribution in [-0.4, -0.2) is 69.6 Å². The molecular formula is C14H24O8. The third-order valence-corrected chi connectivity index (χ3v) is 2.12. The molecule has 1 atom stereocenters. The van der Waals surface area contributed by atoms with Crippen LogP contribution in [0.2, 0.25) is 0 Å². The van der Waals surface area contributed by atoms with E-state index in [9.17, 15) is 9.59 Å². The second-order valence-corrected chi connectivity index (χ2v) is 4.25. The zero-order valence-corrected chi connectivity index (χ0v) is 13.0. The van der Waals surface area contributed by atoms with Crippen molar-refractivity contribution in [1.29, 1.82) is 0 Å². The predicted octanol–water partition coefficient (Wildman–Crippen LogP) is 0.0370. The van der Waals surface area contributed by atoms with E-state index in [1.54, 1.807) is 0 Å². The van der Waals surface area contributed by atoms with Crippen LogP contribution >= 0.6 is 0 Å². The average molecular weight is 320 g/mol. The Kier molecular flexibility index (Phi) is 12.3. The molecule has 0 aliphatic heterocycles. The minimum atomic E-state index is -1.12. The van der Waals surface area contributed by atoms with Crippen LogP contribution in [0.15, 0.2) is 12.2 Å². The first-order valence-corrected chi connectivity index (χ1v) is 6.85. The van der Waals surface area contributed by atoms with Crippen LogP contribution < -0.4 is 0 Å². The molecule has 1 unspecified atom stereocenters. The van der Waals surface area contributed by atoms with E-state index >= 15 is 0 Å². The summed E-state index contributed by atoms with van der Waals surface area (Å²) in [4.78, 5) is 22.3. The molecule has 1 N–H and O–H groups in total. The molecule has 0 saturated heterocycles. The van der Waals surface area contributed by atoms with Gasteiger partial charge in [0.1, 0.15) is 6.61 Å². The highest BCUT2D eigenvalue weighted by Crippen LogP contribution is 2.02. The van der Waals surface area contributed by atoms with E-state index in [2.05, 4.69) is 6.58 Å². The van der Waals surface area contributed by atoms with Gasteiger partial charge in [-0.25, -0.2) is 4.79 Å². The average Bonchev–Trinajstić information content (AvgIpc) is 2.44. The molecule has 0 rings (SSSR count). The van der Waals surface area contributed by atoms with Gasteiger partial charge in [-0.15, -0.1) is 0 Å². The molecule has 0 radical (unpaired) electrons. The minimum absolute atomic E-state index is 0.0243. The summed E-state index contributed by atoms with van der Waals surface area (Å²) in [5, 5.41) is 8.49. The van der Waals surface area contributed by atoms with Gasteiger partial charge in [0.2, 0.25) is 0 Å². The van der Waals surface area contributed by atoms with Gasteiger partial charge in [0.15, 0.2) is 0 Å². The van der Waals surface area contributed by atoms with Gasteiger partial charge >= 0.3 is 11.9 Å². The van der Waals surface area contributed by atoms with Crippen molar-refractivity contribution < 1.29 is 38.4 Å². The van der Waals surface area contributed by atoms with Crippen molar-refractivity contribution in [2.75, 3.05) is 46.2 Å². The van der Waals surface area contributed by atoms with Gasteiger partial charge in [-0.2, -0.15) is 0 Å². The molecule has 0 aromatic rings. The molecule has 0 aromatic carbocycles. The summed E-state index contributed by atoms with van der Waals surface area (Å²) in [6.45, 7) is 7.59. The number of esters is 2. The molecule has 8 nitrogen and oxygen atoms in total. The maximum absolute atomic E-state index is 11.4. The summed E-state index contributed by atoms with van der Waals surface area (Å²) in [6, 6.07) is 0. The first kappa shape index (κ1) is 20.5. The molecule has 0 bridgehead atoms. The van der Waals surface area contributed by atoms with E-state index in [1.807, 2.05) is 0 Å². The molecule has 8 heteroatoms. The Bertz CT molecular complexity index is 342. The Balaban J connectivity index is 3.77. The SMILES string of the molecule is C=C(C)C(=O)OC(COCCOCCOCCO)OC(C)=O. The Morgan fingerprint density at radius 2 is 1.50 bits per heavy atom. The van der Waals surface area contributed by atoms with Crippen LogP contribution in [0.25, 0.3) is 0 Å². The summed E-state index contributed by atoms with van der Waals surface area (Å²) < 4.78 is 25.1. The smallest absolute Gasteiger partial charge is 0.336 e. The zero-order valence-electron chi connectivity index (χ0n) is 13.0. The number of aliphatic hydroxyl groups is 1. The minimum Gasteiger partial charge on any atom is -0.423 e. The lowest BCUT2D eigenvalue weighted by molar-refractivity contribution is -0.193. The van der Waals surface area contributed by atoms with Gasteiger partial charge in [-0.1, -0.05) is 6.58 Å². The zero-order chi connectivity index (χ0) is 16.8. The van der Waals surface area contributed by atoms with Crippen molar-refractivity contribution >= 4 is 11.9 Å². The van der Waals surface area contributed by atoms with Gasteiger partial charge in [0, 0.05) is 12.5 Å². The van der Waals surface area contributed by atoms with E-state index in [1.165, 1.54) is 13.8 Å². The van der Waals surface area contributed by atoms with Crippen molar-refractivity contribution in [2.24, 2.45) is 0 Å². The number of rotatable bonds is 13. The van der Waals surface area contributed by atoms with E-state index in [4.69, 9.17) is 28.8 Å². The highest BCUT2D eigenvalue weighted by atomic mass is 16.7. The Hall–Kier alpha value is -1.48. The van der Waals surface area contributed by atoms with Crippen LogP contribution in [0.5, 0.6) is 0 Å². The molecule has 0 spiro atoms. The quantitative estimate of drug-likeness (QED) is 0.220. The van der Waals surface area contributed by atoms with E-state index in [-0.39, 0.29) is 32.0 Å². The predicted molar refractivity (Wildman–Crippen MR) is 76.0 cm³/mol. The molecule has 22 heavy (non-hydrogen) atoms. The normalized spacial score (nSPS) is 11.8. The molecule has 0 aromatic heterocycles. The Morgan fingerprint density at radius 1 is 0.955 bits per heavy atom. The lowest BCUT2D eigenvalue weighted by Crippen LogP contribution is -2.29. The maximum atomic E-state index is 11.4. The van der Waals surface area contributed by atoms with Crippen molar-refractivity contribution in [3.8, 4) is 0 Å². The van der Waals surface area contributed by atoms with Crippen molar-refractivity contribution in [2.45, 2.75) is 20.1 Å². The molecule has 0 aliphatic carbocycles. The van der Waals surface area contributed by atoms with Crippen molar-refractivity contribution in [1.82, 2.24) is 0 Å². The summed E-state index contributed by atoms with van der Waals surface area (Å²) in [5.41, 5.74) is 0.198. The van der Waals surface area contributed by atoms with Gasteiger partial charge in [-0.3, -0.25) is 4.79 Å². The Morgan fingerprint density at radius 3 is 2.00 bits per heavy atom. The van der Waals surface area contributed by atoms with E-state index < -0.39 is 18.2 Å². The van der Waals surface area contributed by atoms with Gasteiger partial charge in [-0.05, 0) is 6.92 Å². The summed E-state index contributed by atoms with van der Waals surface area (Å²) >= 11 is 0. The highest BCUT2D eigenvalue weighted by Gasteiger charge is 2.17. The summed E-state index contributed by atoms with van der Waals surface area (Å²) in [5.74, 6) is -1.24. The fourth-order valence-corrected chi connectivity index (χ4v) is 1.18. The van der Waals surface area contributed by atoms with Crippen LogP contribution in [-0.2, 0) is 33.3 Å². The summed E-state index contributed by atoms with van der Waals surface area (Å²) in [7, 11) is 0. The van der Waals surface area contributed by atoms with Gasteiger partial charge < -0.3 is 28.8 Å². The van der Waals surface area contributed by atoms with Crippen LogP contribution in [0.3, 0.4) is 0 Å². The number of hydrogen-bond donors (Lipinski definition) is 1. The second kappa shape index (κ2) is 13.2. The van der Waals surface area contributed by atoms with Crippen LogP contribution in [0.1, 0.15) is 13.8 Å². The van der Waals surface area contributed by atoms with Gasteiger partial charge in [0.25, 0.3) is 6.29 Å². The number of aliphatic hydroxyl groups excluding tert-OH is 1.